The van der Waals surface area contributed by atoms with Crippen LogP contribution in [-0.4, -0.2) is 9.97 Å². The van der Waals surface area contributed by atoms with Crippen LogP contribution in [0.1, 0.15) is 45.7 Å². The minimum absolute atomic E-state index is 0. The second-order valence-electron chi connectivity index (χ2n) is 12.4. The summed E-state index contributed by atoms with van der Waals surface area (Å²) < 4.78 is 39.3. The van der Waals surface area contributed by atoms with Crippen molar-refractivity contribution in [3.8, 4) is 33.6 Å². The van der Waals surface area contributed by atoms with E-state index >= 15 is 0 Å². The maximum atomic E-state index is 8.05. The van der Waals surface area contributed by atoms with Crippen LogP contribution >= 0.6 is 0 Å². The normalized spacial score (nSPS) is 12.4. The number of hydrogen-bond donors (Lipinski definition) is 0. The summed E-state index contributed by atoms with van der Waals surface area (Å²) in [5.74, 6) is 1.24. The van der Waals surface area contributed by atoms with Gasteiger partial charge in [-0.1, -0.05) is 106 Å². The van der Waals surface area contributed by atoms with Gasteiger partial charge >= 0.3 is 0 Å². The van der Waals surface area contributed by atoms with Gasteiger partial charge in [0.15, 0.2) is 0 Å². The molecule has 2 aromatic heterocycles. The summed E-state index contributed by atoms with van der Waals surface area (Å²) >= 11 is 0. The molecule has 47 heavy (non-hydrogen) atoms. The zero-order valence-corrected chi connectivity index (χ0v) is 29.5. The van der Waals surface area contributed by atoms with Crippen LogP contribution in [0.15, 0.2) is 134 Å². The second-order valence-corrected chi connectivity index (χ2v) is 12.4. The van der Waals surface area contributed by atoms with Gasteiger partial charge in [0, 0.05) is 32.5 Å². The third-order valence-corrected chi connectivity index (χ3v) is 7.71. The number of rotatable bonds is 7. The Morgan fingerprint density at radius 3 is 2.21 bits per heavy atom. The Labute approximate surface area is 300 Å². The van der Waals surface area contributed by atoms with Crippen molar-refractivity contribution in [2.24, 2.45) is 11.8 Å². The Hall–Kier alpha value is -4.43. The fourth-order valence-electron chi connectivity index (χ4n) is 5.80. The maximum Gasteiger partial charge on any atom is 0.0629 e. The molecule has 0 saturated carbocycles. The molecule has 5 aromatic carbocycles. The smallest absolute Gasteiger partial charge is 0.0629 e. The third-order valence-electron chi connectivity index (χ3n) is 7.71. The first-order chi connectivity index (χ1) is 24.5. The van der Waals surface area contributed by atoms with E-state index in [9.17, 15) is 0 Å². The summed E-state index contributed by atoms with van der Waals surface area (Å²) in [6.07, 6.45) is 5.74. The van der Waals surface area contributed by atoms with Gasteiger partial charge in [-0.2, -0.15) is 0 Å². The molecule has 0 unspecified atom stereocenters. The summed E-state index contributed by atoms with van der Waals surface area (Å²) in [4.78, 5) is 9.04. The predicted molar refractivity (Wildman–Crippen MR) is 195 cm³/mol. The molecule has 237 valence electrons. The molecule has 0 spiro atoms. The van der Waals surface area contributed by atoms with Crippen molar-refractivity contribution in [1.82, 2.24) is 9.97 Å². The van der Waals surface area contributed by atoms with Gasteiger partial charge in [0.25, 0.3) is 0 Å². The number of benzene rings is 5. The molecule has 2 heterocycles. The predicted octanol–water partition coefficient (Wildman–Crippen LogP) is 11.5. The van der Waals surface area contributed by atoms with Crippen LogP contribution < -0.4 is 0 Å². The number of aromatic nitrogens is 2. The van der Waals surface area contributed by atoms with Crippen LogP contribution in [0.2, 0.25) is 0 Å². The molecule has 7 rings (SSSR count). The molecular weight excluding hydrogens is 749 g/mol. The Balaban J connectivity index is 0.000000201. The molecule has 0 fully saturated rings. The number of pyridine rings is 2. The van der Waals surface area contributed by atoms with E-state index in [1.807, 2.05) is 24.4 Å². The van der Waals surface area contributed by atoms with Crippen molar-refractivity contribution < 1.29 is 27.0 Å². The summed E-state index contributed by atoms with van der Waals surface area (Å²) in [7, 11) is 0. The fourth-order valence-corrected chi connectivity index (χ4v) is 5.80. The minimum Gasteiger partial charge on any atom is -0.305 e. The monoisotopic (exact) mass is 794 g/mol. The topological polar surface area (TPSA) is 25.8 Å². The largest absolute Gasteiger partial charge is 0.305 e. The average Bonchev–Trinajstić information content (AvgIpc) is 3.13. The van der Waals surface area contributed by atoms with Gasteiger partial charge in [-0.15, -0.1) is 70.3 Å². The van der Waals surface area contributed by atoms with Gasteiger partial charge in [0.2, 0.25) is 0 Å². The summed E-state index contributed by atoms with van der Waals surface area (Å²) in [6.45, 7) is 9.09. The average molecular weight is 794 g/mol. The Morgan fingerprint density at radius 2 is 1.45 bits per heavy atom. The zero-order chi connectivity index (χ0) is 36.2. The molecule has 0 N–H and O–H groups in total. The first kappa shape index (κ1) is 27.7. The Kier molecular flexibility index (Phi) is 9.37. The van der Waals surface area contributed by atoms with Crippen LogP contribution in [0.5, 0.6) is 0 Å². The molecular formula is C44H40IrN2-2. The van der Waals surface area contributed by atoms with E-state index in [1.54, 1.807) is 24.4 Å². The summed E-state index contributed by atoms with van der Waals surface area (Å²) in [5.41, 5.74) is 6.98. The van der Waals surface area contributed by atoms with Crippen LogP contribution in [0.25, 0.3) is 55.2 Å². The van der Waals surface area contributed by atoms with E-state index in [4.69, 9.17) is 11.8 Å². The van der Waals surface area contributed by atoms with E-state index < -0.39 is 6.04 Å². The SMILES string of the molecule is CC(C)Cc1[c-]c(-c2nccc3c2ccc2ccccc23)cc(CC(C)C)c1.[2H]c1c([2H])c([2H])c(-c2cc[c-]c(-c3ccccn3)c2)c([2H])c1[2H].[Ir]. The van der Waals surface area contributed by atoms with Gasteiger partial charge in [0.1, 0.15) is 0 Å². The molecule has 7 aromatic rings. The Morgan fingerprint density at radius 1 is 0.660 bits per heavy atom. The minimum atomic E-state index is -0.392. The third kappa shape index (κ3) is 8.49. The van der Waals surface area contributed by atoms with E-state index in [1.165, 1.54) is 32.7 Å². The van der Waals surface area contributed by atoms with Crippen molar-refractivity contribution in [2.75, 3.05) is 0 Å². The van der Waals surface area contributed by atoms with Crippen LogP contribution in [0, 0.1) is 24.0 Å². The van der Waals surface area contributed by atoms with E-state index in [2.05, 4.69) is 99.4 Å². The Bertz CT molecular complexity index is 2280. The molecule has 0 bridgehead atoms. The fraction of sp³-hybridized carbons (Fsp3) is 0.182. The van der Waals surface area contributed by atoms with Crippen molar-refractivity contribution >= 4 is 21.5 Å². The molecule has 0 aliphatic carbocycles. The van der Waals surface area contributed by atoms with Crippen molar-refractivity contribution in [1.29, 1.82) is 0 Å². The van der Waals surface area contributed by atoms with Gasteiger partial charge in [0.05, 0.1) is 6.85 Å². The number of hydrogen-bond acceptors (Lipinski definition) is 2. The van der Waals surface area contributed by atoms with Gasteiger partial charge in [-0.25, -0.2) is 0 Å². The maximum absolute atomic E-state index is 8.05. The summed E-state index contributed by atoms with van der Waals surface area (Å²) in [6, 6.07) is 35.6. The molecule has 1 radical (unpaired) electrons. The van der Waals surface area contributed by atoms with E-state index in [0.717, 1.165) is 24.1 Å². The molecule has 0 amide bonds. The number of nitrogens with zero attached hydrogens (tertiary/aromatic N) is 2. The van der Waals surface area contributed by atoms with Crippen molar-refractivity contribution in [3.05, 3.63) is 157 Å². The van der Waals surface area contributed by atoms with Crippen LogP contribution in [0.4, 0.5) is 0 Å². The summed E-state index contributed by atoms with van der Waals surface area (Å²) in [5, 5.41) is 5.01. The standard InChI is InChI=1S/C27H28N.C17H12N.Ir/c1-18(2)13-20-15-21(14-19(3)4)17-23(16-20)27-26-10-9-22-7-5-6-8-24(22)25(26)11-12-28-27;1-2-7-14(8-3-1)15-9-6-10-16(13-15)17-11-4-5-12-18-17;/h5-12,15-16,18-19H,13-14H2,1-4H3;1-9,11-13H;/q2*-1;/i;1D,2D,3D,7D,8D;. The van der Waals surface area contributed by atoms with E-state index in [-0.39, 0.29) is 49.8 Å². The number of fused-ring (bicyclic) bond motifs is 3. The zero-order valence-electron chi connectivity index (χ0n) is 32.1. The van der Waals surface area contributed by atoms with Gasteiger partial charge in [-0.05, 0) is 75.3 Å². The molecule has 2 nitrogen and oxygen atoms in total. The van der Waals surface area contributed by atoms with Crippen LogP contribution in [-0.2, 0) is 32.9 Å². The first-order valence-corrected chi connectivity index (χ1v) is 15.8. The molecule has 0 atom stereocenters. The molecule has 3 heteroatoms. The van der Waals surface area contributed by atoms with Crippen molar-refractivity contribution in [3.63, 3.8) is 0 Å². The molecule has 0 saturated heterocycles. The van der Waals surface area contributed by atoms with Gasteiger partial charge < -0.3 is 9.97 Å². The van der Waals surface area contributed by atoms with Crippen LogP contribution in [0.3, 0.4) is 0 Å². The second kappa shape index (κ2) is 15.9. The molecule has 0 aliphatic rings. The first-order valence-electron chi connectivity index (χ1n) is 18.3. The van der Waals surface area contributed by atoms with E-state index in [0.29, 0.717) is 28.7 Å². The van der Waals surface area contributed by atoms with Crippen molar-refractivity contribution in [2.45, 2.75) is 40.5 Å². The van der Waals surface area contributed by atoms with Gasteiger partial charge in [-0.3, -0.25) is 0 Å². The molecule has 0 aliphatic heterocycles. The quantitative estimate of drug-likeness (QED) is 0.119.